The third kappa shape index (κ3) is 5.93. The molecule has 212 valence electrons. The topological polar surface area (TPSA) is 104 Å². The molecule has 2 heterocycles. The van der Waals surface area contributed by atoms with Crippen molar-refractivity contribution < 1.29 is 19.4 Å². The Morgan fingerprint density at radius 3 is 2.43 bits per heavy atom. The van der Waals surface area contributed by atoms with Gasteiger partial charge in [0.1, 0.15) is 5.82 Å². The number of carboxylic acid groups (broad SMARTS) is 1. The van der Waals surface area contributed by atoms with Crippen LogP contribution in [0.15, 0.2) is 91.0 Å². The van der Waals surface area contributed by atoms with E-state index in [1.165, 1.54) is 6.07 Å². The van der Waals surface area contributed by atoms with E-state index in [2.05, 4.69) is 10.3 Å². The number of para-hydroxylation sites is 2. The number of nitrogens with one attached hydrogen (secondary N) is 2. The monoisotopic (exact) mass is 579 g/mol. The molecule has 42 heavy (non-hydrogen) atoms. The number of H-pyrrole nitrogens is 1. The SMILES string of the molecule is O=C(NC(CC1CCOCC1)c1ccccc1)c1ccc(-c2cc(Cl)ccc2-c2nc3ccccc3[nH]2)c(C(=O)O)c1. The van der Waals surface area contributed by atoms with Gasteiger partial charge in [-0.15, -0.1) is 0 Å². The van der Waals surface area contributed by atoms with Crippen LogP contribution in [0.4, 0.5) is 0 Å². The molecule has 0 radical (unpaired) electrons. The minimum atomic E-state index is -1.14. The highest BCUT2D eigenvalue weighted by Gasteiger charge is 2.24. The average Bonchev–Trinajstić information content (AvgIpc) is 3.45. The number of ether oxygens (including phenoxy) is 1. The number of aromatic amines is 1. The molecule has 1 unspecified atom stereocenters. The number of benzene rings is 4. The standard InChI is InChI=1S/C34H30ClN3O4/c35-24-11-13-26(32-36-29-8-4-5-9-30(29)37-32)27(20-24)25-12-10-23(19-28(25)34(40)41)33(39)38-31(22-6-2-1-3-7-22)18-21-14-16-42-17-15-21/h1-13,19-21,31H,14-18H2,(H,36,37)(H,38,39)(H,40,41). The van der Waals surface area contributed by atoms with Crippen molar-refractivity contribution in [2.75, 3.05) is 13.2 Å². The Morgan fingerprint density at radius 2 is 1.67 bits per heavy atom. The van der Waals surface area contributed by atoms with Gasteiger partial charge >= 0.3 is 5.97 Å². The van der Waals surface area contributed by atoms with E-state index in [1.807, 2.05) is 60.7 Å². The second-order valence-electron chi connectivity index (χ2n) is 10.6. The Kier molecular flexibility index (Phi) is 8.04. The number of hydrogen-bond donors (Lipinski definition) is 3. The molecule has 1 fully saturated rings. The maximum absolute atomic E-state index is 13.6. The molecule has 4 aromatic carbocycles. The van der Waals surface area contributed by atoms with Crippen molar-refractivity contribution >= 4 is 34.5 Å². The lowest BCUT2D eigenvalue weighted by molar-refractivity contribution is 0.0597. The molecule has 1 aliphatic heterocycles. The lowest BCUT2D eigenvalue weighted by Gasteiger charge is -2.27. The molecule has 3 N–H and O–H groups in total. The Balaban J connectivity index is 1.34. The number of fused-ring (bicyclic) bond motifs is 1. The number of carbonyl (C=O) groups is 2. The maximum Gasteiger partial charge on any atom is 0.336 e. The van der Waals surface area contributed by atoms with Crippen molar-refractivity contribution in [1.29, 1.82) is 0 Å². The van der Waals surface area contributed by atoms with Crippen molar-refractivity contribution in [3.8, 4) is 22.5 Å². The van der Waals surface area contributed by atoms with E-state index in [-0.39, 0.29) is 23.1 Å². The normalized spacial score (nSPS) is 14.5. The summed E-state index contributed by atoms with van der Waals surface area (Å²) < 4.78 is 5.52. The lowest BCUT2D eigenvalue weighted by atomic mass is 9.89. The average molecular weight is 580 g/mol. The highest BCUT2D eigenvalue weighted by atomic mass is 35.5. The number of rotatable bonds is 8. The summed E-state index contributed by atoms with van der Waals surface area (Å²) in [4.78, 5) is 34.1. The summed E-state index contributed by atoms with van der Waals surface area (Å²) >= 11 is 6.39. The van der Waals surface area contributed by atoms with Crippen molar-refractivity contribution in [2.24, 2.45) is 5.92 Å². The Bertz CT molecular complexity index is 1710. The van der Waals surface area contributed by atoms with E-state index >= 15 is 0 Å². The first-order valence-electron chi connectivity index (χ1n) is 14.0. The van der Waals surface area contributed by atoms with E-state index in [0.29, 0.717) is 33.5 Å². The maximum atomic E-state index is 13.6. The summed E-state index contributed by atoms with van der Waals surface area (Å²) in [6.45, 7) is 1.45. The van der Waals surface area contributed by atoms with Crippen LogP contribution in [0.25, 0.3) is 33.5 Å². The zero-order valence-corrected chi connectivity index (χ0v) is 23.6. The second kappa shape index (κ2) is 12.2. The highest BCUT2D eigenvalue weighted by molar-refractivity contribution is 6.31. The number of carboxylic acids is 1. The van der Waals surface area contributed by atoms with Crippen molar-refractivity contribution in [2.45, 2.75) is 25.3 Å². The minimum Gasteiger partial charge on any atom is -0.478 e. The van der Waals surface area contributed by atoms with Gasteiger partial charge in [0.2, 0.25) is 0 Å². The number of halogens is 1. The van der Waals surface area contributed by atoms with Crippen LogP contribution in [0.2, 0.25) is 5.02 Å². The van der Waals surface area contributed by atoms with E-state index in [4.69, 9.17) is 21.3 Å². The molecule has 1 saturated heterocycles. The molecule has 7 nitrogen and oxygen atoms in total. The van der Waals surface area contributed by atoms with Crippen molar-refractivity contribution in [1.82, 2.24) is 15.3 Å². The molecule has 6 rings (SSSR count). The van der Waals surface area contributed by atoms with Crippen molar-refractivity contribution in [3.05, 3.63) is 113 Å². The van der Waals surface area contributed by atoms with Gasteiger partial charge in [-0.3, -0.25) is 4.79 Å². The minimum absolute atomic E-state index is 0.00275. The van der Waals surface area contributed by atoms with E-state index in [9.17, 15) is 14.7 Å². The van der Waals surface area contributed by atoms with Gasteiger partial charge in [0.15, 0.2) is 0 Å². The summed E-state index contributed by atoms with van der Waals surface area (Å²) in [6.07, 6.45) is 2.68. The van der Waals surface area contributed by atoms with Crippen LogP contribution in [0.1, 0.15) is 51.6 Å². The molecule has 5 aromatic rings. The van der Waals surface area contributed by atoms with E-state index < -0.39 is 5.97 Å². The van der Waals surface area contributed by atoms with Gasteiger partial charge in [0.25, 0.3) is 5.91 Å². The fourth-order valence-electron chi connectivity index (χ4n) is 5.64. The van der Waals surface area contributed by atoms with Gasteiger partial charge in [-0.05, 0) is 84.3 Å². The van der Waals surface area contributed by atoms with Crippen LogP contribution in [0.3, 0.4) is 0 Å². The van der Waals surface area contributed by atoms with Crippen LogP contribution < -0.4 is 5.32 Å². The Hall–Kier alpha value is -4.46. The number of carbonyl (C=O) groups excluding carboxylic acids is 1. The third-order valence-electron chi connectivity index (χ3n) is 7.85. The van der Waals surface area contributed by atoms with Gasteiger partial charge in [0.05, 0.1) is 22.6 Å². The van der Waals surface area contributed by atoms with Gasteiger partial charge < -0.3 is 20.1 Å². The van der Waals surface area contributed by atoms with Gasteiger partial charge in [0, 0.05) is 29.4 Å². The van der Waals surface area contributed by atoms with Gasteiger partial charge in [-0.2, -0.15) is 0 Å². The number of hydrogen-bond acceptors (Lipinski definition) is 4. The second-order valence-corrected chi connectivity index (χ2v) is 11.0. The summed E-state index contributed by atoms with van der Waals surface area (Å²) in [5.41, 5.74) is 4.71. The fraction of sp³-hybridized carbons (Fsp3) is 0.206. The zero-order chi connectivity index (χ0) is 29.1. The molecule has 1 amide bonds. The number of nitrogens with zero attached hydrogens (tertiary/aromatic N) is 1. The lowest BCUT2D eigenvalue weighted by Crippen LogP contribution is -2.31. The van der Waals surface area contributed by atoms with Gasteiger partial charge in [-0.25, -0.2) is 9.78 Å². The number of aromatic nitrogens is 2. The quantitative estimate of drug-likeness (QED) is 0.176. The van der Waals surface area contributed by atoms with Crippen LogP contribution >= 0.6 is 11.6 Å². The highest BCUT2D eigenvalue weighted by Crippen LogP contribution is 2.36. The Labute approximate surface area is 248 Å². The predicted octanol–water partition coefficient (Wildman–Crippen LogP) is 7.54. The molecule has 1 atom stereocenters. The van der Waals surface area contributed by atoms with Gasteiger partial charge in [-0.1, -0.05) is 60.1 Å². The number of imidazole rings is 1. The molecule has 8 heteroatoms. The first kappa shape index (κ1) is 27.7. The van der Waals surface area contributed by atoms with E-state index in [1.54, 1.807) is 24.3 Å². The smallest absolute Gasteiger partial charge is 0.336 e. The molecule has 0 saturated carbocycles. The predicted molar refractivity (Wildman–Crippen MR) is 164 cm³/mol. The Morgan fingerprint density at radius 1 is 0.929 bits per heavy atom. The largest absolute Gasteiger partial charge is 0.478 e. The third-order valence-corrected chi connectivity index (χ3v) is 8.08. The number of amides is 1. The molecular formula is C34H30ClN3O4. The summed E-state index contributed by atoms with van der Waals surface area (Å²) in [7, 11) is 0. The zero-order valence-electron chi connectivity index (χ0n) is 22.8. The molecule has 1 aliphatic rings. The van der Waals surface area contributed by atoms with Crippen LogP contribution in [-0.4, -0.2) is 40.2 Å². The molecule has 0 spiro atoms. The number of aromatic carboxylic acids is 1. The summed E-state index contributed by atoms with van der Waals surface area (Å²) in [5, 5.41) is 13.9. The first-order valence-corrected chi connectivity index (χ1v) is 14.4. The van der Waals surface area contributed by atoms with Crippen LogP contribution in [0.5, 0.6) is 0 Å². The summed E-state index contributed by atoms with van der Waals surface area (Å²) in [6, 6.07) is 27.4. The van der Waals surface area contributed by atoms with E-state index in [0.717, 1.165) is 49.1 Å². The fourth-order valence-corrected chi connectivity index (χ4v) is 5.82. The molecule has 0 aliphatic carbocycles. The van der Waals surface area contributed by atoms with Crippen molar-refractivity contribution in [3.63, 3.8) is 0 Å². The molecular weight excluding hydrogens is 550 g/mol. The first-order chi connectivity index (χ1) is 20.5. The van der Waals surface area contributed by atoms with Crippen LogP contribution in [-0.2, 0) is 4.74 Å². The van der Waals surface area contributed by atoms with Crippen LogP contribution in [0, 0.1) is 5.92 Å². The molecule has 1 aromatic heterocycles. The summed E-state index contributed by atoms with van der Waals surface area (Å²) in [5.74, 6) is -0.439. The molecule has 0 bridgehead atoms.